The van der Waals surface area contributed by atoms with Crippen molar-refractivity contribution in [3.8, 4) is 0 Å². The highest BCUT2D eigenvalue weighted by atomic mass is 16.6. The Balaban J connectivity index is 2.94. The third-order valence-electron chi connectivity index (χ3n) is 2.08. The van der Waals surface area contributed by atoms with E-state index in [1.54, 1.807) is 14.2 Å². The van der Waals surface area contributed by atoms with E-state index in [0.717, 1.165) is 5.69 Å². The quantitative estimate of drug-likeness (QED) is 0.537. The highest BCUT2D eigenvalue weighted by molar-refractivity contribution is 5.17. The van der Waals surface area contributed by atoms with Crippen molar-refractivity contribution < 1.29 is 9.66 Å². The smallest absolute Gasteiger partial charge is 0.390 e. The topological polar surface area (TPSA) is 70.2 Å². The summed E-state index contributed by atoms with van der Waals surface area (Å²) in [7, 11) is 3.23. The van der Waals surface area contributed by atoms with Crippen LogP contribution in [0.1, 0.15) is 18.5 Å². The molecule has 78 valence electrons. The highest BCUT2D eigenvalue weighted by Crippen LogP contribution is 2.19. The predicted molar refractivity (Wildman–Crippen MR) is 50.2 cm³/mol. The molecule has 0 N–H and O–H groups in total. The van der Waals surface area contributed by atoms with Gasteiger partial charge in [0.2, 0.25) is 0 Å². The van der Waals surface area contributed by atoms with E-state index in [1.807, 2.05) is 6.92 Å². The molecule has 6 heteroatoms. The minimum absolute atomic E-state index is 0.103. The van der Waals surface area contributed by atoms with Crippen LogP contribution >= 0.6 is 0 Å². The van der Waals surface area contributed by atoms with Crippen LogP contribution in [0, 0.1) is 10.1 Å². The Morgan fingerprint density at radius 3 is 2.86 bits per heavy atom. The molecule has 0 saturated heterocycles. The highest BCUT2D eigenvalue weighted by Gasteiger charge is 2.21. The van der Waals surface area contributed by atoms with Gasteiger partial charge >= 0.3 is 5.95 Å². The van der Waals surface area contributed by atoms with Crippen LogP contribution in [-0.4, -0.2) is 28.2 Å². The molecule has 1 unspecified atom stereocenters. The summed E-state index contributed by atoms with van der Waals surface area (Å²) in [6.45, 7) is 2.46. The molecule has 1 aromatic heterocycles. The number of hydrogen-bond acceptors (Lipinski definition) is 4. The summed E-state index contributed by atoms with van der Waals surface area (Å²) in [5.41, 5.74) is 0.804. The Morgan fingerprint density at radius 1 is 1.79 bits per heavy atom. The molecule has 1 atom stereocenters. The Morgan fingerprint density at radius 2 is 2.43 bits per heavy atom. The summed E-state index contributed by atoms with van der Waals surface area (Å²) in [6.07, 6.45) is 1.52. The molecule has 0 saturated carbocycles. The normalized spacial score (nSPS) is 12.8. The minimum Gasteiger partial charge on any atom is -0.390 e. The van der Waals surface area contributed by atoms with Gasteiger partial charge < -0.3 is 14.9 Å². The maximum Gasteiger partial charge on any atom is 0.434 e. The fraction of sp³-hybridized carbons (Fsp3) is 0.625. The van der Waals surface area contributed by atoms with Crippen LogP contribution in [0.15, 0.2) is 6.20 Å². The van der Waals surface area contributed by atoms with Crippen LogP contribution in [0.2, 0.25) is 0 Å². The number of ether oxygens (including phenoxy) is 1. The molecule has 14 heavy (non-hydrogen) atoms. The Kier molecular flexibility index (Phi) is 3.19. The van der Waals surface area contributed by atoms with E-state index in [2.05, 4.69) is 4.98 Å². The molecule has 0 aliphatic heterocycles. The number of imidazole rings is 1. The van der Waals surface area contributed by atoms with Crippen LogP contribution in [0.5, 0.6) is 0 Å². The van der Waals surface area contributed by atoms with Crippen molar-refractivity contribution in [1.82, 2.24) is 9.55 Å². The van der Waals surface area contributed by atoms with Crippen molar-refractivity contribution in [2.75, 3.05) is 13.7 Å². The SMILES string of the molecule is COCC(C)c1cnc([N+](=O)[O-])n1C. The van der Waals surface area contributed by atoms with E-state index in [4.69, 9.17) is 4.74 Å². The second-order valence-electron chi connectivity index (χ2n) is 3.16. The van der Waals surface area contributed by atoms with Crippen molar-refractivity contribution >= 4 is 5.95 Å². The van der Waals surface area contributed by atoms with Crippen molar-refractivity contribution in [2.24, 2.45) is 7.05 Å². The number of hydrogen-bond donors (Lipinski definition) is 0. The van der Waals surface area contributed by atoms with Gasteiger partial charge in [0.05, 0.1) is 13.7 Å². The van der Waals surface area contributed by atoms with E-state index < -0.39 is 4.92 Å². The molecular weight excluding hydrogens is 186 g/mol. The molecule has 0 amide bonds. The molecule has 0 spiro atoms. The summed E-state index contributed by atoms with van der Waals surface area (Å²) in [4.78, 5) is 13.7. The molecule has 1 aromatic rings. The predicted octanol–water partition coefficient (Wildman–Crippen LogP) is 1.08. The molecule has 0 bridgehead atoms. The van der Waals surface area contributed by atoms with Crippen LogP contribution < -0.4 is 0 Å². The van der Waals surface area contributed by atoms with Gasteiger partial charge in [0.15, 0.2) is 0 Å². The number of nitrogens with zero attached hydrogens (tertiary/aromatic N) is 3. The van der Waals surface area contributed by atoms with Gasteiger partial charge in [0.25, 0.3) is 0 Å². The van der Waals surface area contributed by atoms with Gasteiger partial charge in [-0.3, -0.25) is 0 Å². The minimum atomic E-state index is -0.497. The molecule has 0 aromatic carbocycles. The van der Waals surface area contributed by atoms with Gasteiger partial charge in [-0.25, -0.2) is 4.57 Å². The second kappa shape index (κ2) is 4.19. The first-order valence-corrected chi connectivity index (χ1v) is 4.22. The molecule has 0 fully saturated rings. The second-order valence-corrected chi connectivity index (χ2v) is 3.16. The van der Waals surface area contributed by atoms with Gasteiger partial charge in [-0.15, -0.1) is 0 Å². The molecule has 1 rings (SSSR count). The van der Waals surface area contributed by atoms with Crippen LogP contribution in [-0.2, 0) is 11.8 Å². The first kappa shape index (κ1) is 10.6. The summed E-state index contributed by atoms with van der Waals surface area (Å²) < 4.78 is 6.45. The summed E-state index contributed by atoms with van der Waals surface area (Å²) in [5, 5.41) is 10.5. The van der Waals surface area contributed by atoms with Crippen molar-refractivity contribution in [3.63, 3.8) is 0 Å². The van der Waals surface area contributed by atoms with E-state index in [0.29, 0.717) is 6.61 Å². The van der Waals surface area contributed by atoms with Crippen LogP contribution in [0.25, 0.3) is 0 Å². The van der Waals surface area contributed by atoms with E-state index in [-0.39, 0.29) is 11.9 Å². The van der Waals surface area contributed by atoms with Gasteiger partial charge in [-0.05, 0) is 4.92 Å². The van der Waals surface area contributed by atoms with E-state index >= 15 is 0 Å². The van der Waals surface area contributed by atoms with E-state index in [9.17, 15) is 10.1 Å². The molecule has 0 radical (unpaired) electrons. The maximum absolute atomic E-state index is 10.5. The van der Waals surface area contributed by atoms with Crippen molar-refractivity contribution in [2.45, 2.75) is 12.8 Å². The van der Waals surface area contributed by atoms with Crippen LogP contribution in [0.3, 0.4) is 0 Å². The van der Waals surface area contributed by atoms with Gasteiger partial charge in [0.1, 0.15) is 11.9 Å². The average Bonchev–Trinajstić information content (AvgIpc) is 2.47. The fourth-order valence-corrected chi connectivity index (χ4v) is 1.38. The average molecular weight is 199 g/mol. The fourth-order valence-electron chi connectivity index (χ4n) is 1.38. The Bertz CT molecular complexity index is 335. The van der Waals surface area contributed by atoms with E-state index in [1.165, 1.54) is 10.8 Å². The third kappa shape index (κ3) is 1.90. The third-order valence-corrected chi connectivity index (χ3v) is 2.08. The molecular formula is C8H13N3O3. The number of rotatable bonds is 4. The van der Waals surface area contributed by atoms with Gasteiger partial charge in [-0.2, -0.15) is 0 Å². The zero-order valence-electron chi connectivity index (χ0n) is 8.43. The lowest BCUT2D eigenvalue weighted by molar-refractivity contribution is -0.396. The summed E-state index contributed by atoms with van der Waals surface area (Å²) >= 11 is 0. The maximum atomic E-state index is 10.5. The van der Waals surface area contributed by atoms with Crippen molar-refractivity contribution in [1.29, 1.82) is 0 Å². The number of methoxy groups -OCH3 is 1. The zero-order chi connectivity index (χ0) is 10.7. The lowest BCUT2D eigenvalue weighted by Crippen LogP contribution is -2.08. The monoisotopic (exact) mass is 199 g/mol. The Labute approximate surface area is 81.7 Å². The van der Waals surface area contributed by atoms with Gasteiger partial charge in [-0.1, -0.05) is 11.9 Å². The number of aromatic nitrogens is 2. The first-order valence-electron chi connectivity index (χ1n) is 4.22. The summed E-state index contributed by atoms with van der Waals surface area (Å²) in [5.74, 6) is -0.0332. The van der Waals surface area contributed by atoms with Crippen LogP contribution in [0.4, 0.5) is 5.95 Å². The molecule has 0 aliphatic rings. The first-order chi connectivity index (χ1) is 6.57. The lowest BCUT2D eigenvalue weighted by atomic mass is 10.1. The van der Waals surface area contributed by atoms with Crippen molar-refractivity contribution in [3.05, 3.63) is 22.0 Å². The number of nitro groups is 1. The Hall–Kier alpha value is -1.43. The van der Waals surface area contributed by atoms with Gasteiger partial charge in [0, 0.05) is 13.0 Å². The standard InChI is InChI=1S/C8H13N3O3/c1-6(5-14-3)7-4-9-8(10(7)2)11(12)13/h4,6H,5H2,1-3H3. The zero-order valence-corrected chi connectivity index (χ0v) is 8.43. The largest absolute Gasteiger partial charge is 0.434 e. The molecule has 6 nitrogen and oxygen atoms in total. The molecule has 1 heterocycles. The lowest BCUT2D eigenvalue weighted by Gasteiger charge is -2.07. The summed E-state index contributed by atoms with van der Waals surface area (Å²) in [6, 6.07) is 0. The molecule has 0 aliphatic carbocycles.